The molecule has 2 rings (SSSR count). The Morgan fingerprint density at radius 2 is 2.00 bits per heavy atom. The number of thioether (sulfide) groups is 1. The first-order valence-electron chi connectivity index (χ1n) is 7.81. The van der Waals surface area contributed by atoms with E-state index in [0.717, 1.165) is 17.7 Å². The number of hydrogen-bond donors (Lipinski definition) is 1. The Kier molecular flexibility index (Phi) is 6.66. The number of rotatable bonds is 7. The molecule has 23 heavy (non-hydrogen) atoms. The zero-order valence-electron chi connectivity index (χ0n) is 13.5. The maximum absolute atomic E-state index is 13.1. The van der Waals surface area contributed by atoms with Gasteiger partial charge in [0.15, 0.2) is 0 Å². The van der Waals surface area contributed by atoms with Gasteiger partial charge in [0.2, 0.25) is 5.91 Å². The van der Waals surface area contributed by atoms with Crippen LogP contribution in [0.1, 0.15) is 37.3 Å². The van der Waals surface area contributed by atoms with Crippen molar-refractivity contribution >= 4 is 23.4 Å². The van der Waals surface area contributed by atoms with Crippen LogP contribution in [0.15, 0.2) is 48.5 Å². The van der Waals surface area contributed by atoms with Crippen molar-refractivity contribution in [2.45, 2.75) is 31.9 Å². The highest BCUT2D eigenvalue weighted by Gasteiger charge is 2.11. The predicted molar refractivity (Wildman–Crippen MR) is 96.3 cm³/mol. The number of anilines is 1. The average Bonchev–Trinajstić information content (AvgIpc) is 2.55. The van der Waals surface area contributed by atoms with Gasteiger partial charge in [0, 0.05) is 11.4 Å². The van der Waals surface area contributed by atoms with Crippen LogP contribution in [0.3, 0.4) is 0 Å². The Morgan fingerprint density at radius 1 is 1.22 bits per heavy atom. The Morgan fingerprint density at radius 3 is 2.74 bits per heavy atom. The van der Waals surface area contributed by atoms with Crippen molar-refractivity contribution in [2.24, 2.45) is 0 Å². The molecule has 2 aromatic carbocycles. The van der Waals surface area contributed by atoms with Crippen molar-refractivity contribution in [1.29, 1.82) is 0 Å². The Balaban J connectivity index is 1.88. The number of halogens is 1. The lowest BCUT2D eigenvalue weighted by molar-refractivity contribution is -0.113. The van der Waals surface area contributed by atoms with Crippen molar-refractivity contribution < 1.29 is 9.18 Å². The highest BCUT2D eigenvalue weighted by atomic mass is 32.2. The fourth-order valence-electron chi connectivity index (χ4n) is 2.34. The van der Waals surface area contributed by atoms with Gasteiger partial charge in [-0.1, -0.05) is 44.2 Å². The average molecular weight is 331 g/mol. The highest BCUT2D eigenvalue weighted by Crippen LogP contribution is 2.26. The molecule has 0 aromatic heterocycles. The molecule has 0 spiro atoms. The van der Waals surface area contributed by atoms with Gasteiger partial charge in [-0.2, -0.15) is 0 Å². The number of hydrogen-bond acceptors (Lipinski definition) is 2. The van der Waals surface area contributed by atoms with Crippen LogP contribution in [0.25, 0.3) is 0 Å². The van der Waals surface area contributed by atoms with E-state index >= 15 is 0 Å². The quantitative estimate of drug-likeness (QED) is 0.754. The van der Waals surface area contributed by atoms with Crippen LogP contribution in [0, 0.1) is 5.82 Å². The largest absolute Gasteiger partial charge is 0.325 e. The third-order valence-corrected chi connectivity index (χ3v) is 4.77. The first kappa shape index (κ1) is 17.5. The number of benzene rings is 2. The fraction of sp³-hybridized carbons (Fsp3) is 0.316. The third kappa shape index (κ3) is 5.39. The summed E-state index contributed by atoms with van der Waals surface area (Å²) in [7, 11) is 0. The Labute approximate surface area is 141 Å². The minimum atomic E-state index is -0.241. The summed E-state index contributed by atoms with van der Waals surface area (Å²) < 4.78 is 13.1. The molecular weight excluding hydrogens is 309 g/mol. The van der Waals surface area contributed by atoms with Crippen LogP contribution in [-0.2, 0) is 10.5 Å². The number of amides is 1. The molecule has 122 valence electrons. The van der Waals surface area contributed by atoms with Crippen LogP contribution in [-0.4, -0.2) is 11.7 Å². The van der Waals surface area contributed by atoms with Crippen LogP contribution < -0.4 is 5.32 Å². The van der Waals surface area contributed by atoms with Crippen molar-refractivity contribution in [3.8, 4) is 0 Å². The third-order valence-electron chi connectivity index (χ3n) is 3.77. The van der Waals surface area contributed by atoms with Gasteiger partial charge in [-0.3, -0.25) is 4.79 Å². The van der Waals surface area contributed by atoms with Gasteiger partial charge in [0.1, 0.15) is 5.82 Å². The molecule has 0 fully saturated rings. The molecule has 2 nitrogen and oxygen atoms in total. The maximum Gasteiger partial charge on any atom is 0.234 e. The smallest absolute Gasteiger partial charge is 0.234 e. The topological polar surface area (TPSA) is 29.1 Å². The monoisotopic (exact) mass is 331 g/mol. The van der Waals surface area contributed by atoms with Gasteiger partial charge in [0.05, 0.1) is 5.75 Å². The normalized spacial score (nSPS) is 12.0. The van der Waals surface area contributed by atoms with Gasteiger partial charge in [-0.25, -0.2) is 4.39 Å². The summed E-state index contributed by atoms with van der Waals surface area (Å²) >= 11 is 1.48. The van der Waals surface area contributed by atoms with E-state index in [2.05, 4.69) is 25.2 Å². The number of carbonyl (C=O) groups is 1. The summed E-state index contributed by atoms with van der Waals surface area (Å²) in [6, 6.07) is 14.4. The summed E-state index contributed by atoms with van der Waals surface area (Å²) in [5, 5.41) is 2.99. The minimum absolute atomic E-state index is 0.0258. The van der Waals surface area contributed by atoms with Crippen LogP contribution in [0.2, 0.25) is 0 Å². The number of para-hydroxylation sites is 1. The molecule has 0 saturated heterocycles. The van der Waals surface area contributed by atoms with Gasteiger partial charge in [-0.05, 0) is 41.7 Å². The molecule has 0 unspecified atom stereocenters. The summed E-state index contributed by atoms with van der Waals surface area (Å²) in [5.41, 5.74) is 2.94. The van der Waals surface area contributed by atoms with Crippen molar-refractivity contribution in [3.05, 3.63) is 65.5 Å². The van der Waals surface area contributed by atoms with E-state index in [1.54, 1.807) is 6.07 Å². The van der Waals surface area contributed by atoms with Gasteiger partial charge >= 0.3 is 0 Å². The first-order chi connectivity index (χ1) is 11.1. The summed E-state index contributed by atoms with van der Waals surface area (Å²) in [5.74, 6) is 1.12. The molecule has 1 atom stereocenters. The van der Waals surface area contributed by atoms with Gasteiger partial charge in [0.25, 0.3) is 0 Å². The van der Waals surface area contributed by atoms with E-state index in [0.29, 0.717) is 17.4 Å². The summed E-state index contributed by atoms with van der Waals surface area (Å²) in [6.07, 6.45) is 1.03. The lowest BCUT2D eigenvalue weighted by Gasteiger charge is -2.15. The molecular formula is C19H22FNOS. The SMILES string of the molecule is CC[C@H](C)c1ccccc1NC(=O)CSCc1cccc(F)c1. The Hall–Kier alpha value is -1.81. The number of nitrogens with one attached hydrogen (secondary N) is 1. The summed E-state index contributed by atoms with van der Waals surface area (Å²) in [4.78, 5) is 12.1. The molecule has 1 amide bonds. The Bertz CT molecular complexity index is 659. The molecule has 4 heteroatoms. The van der Waals surface area contributed by atoms with Crippen LogP contribution in [0.4, 0.5) is 10.1 Å². The molecule has 0 aliphatic heterocycles. The van der Waals surface area contributed by atoms with Gasteiger partial charge in [-0.15, -0.1) is 11.8 Å². The standard InChI is InChI=1S/C19H22FNOS/c1-3-14(2)17-9-4-5-10-18(17)21-19(22)13-23-12-15-7-6-8-16(20)11-15/h4-11,14H,3,12-13H2,1-2H3,(H,21,22)/t14-/m0/s1. The lowest BCUT2D eigenvalue weighted by Crippen LogP contribution is -2.16. The zero-order chi connectivity index (χ0) is 16.7. The predicted octanol–water partition coefficient (Wildman–Crippen LogP) is 5.21. The van der Waals surface area contributed by atoms with E-state index in [4.69, 9.17) is 0 Å². The molecule has 0 aliphatic rings. The van der Waals surface area contributed by atoms with Crippen molar-refractivity contribution in [2.75, 3.05) is 11.1 Å². The van der Waals surface area contributed by atoms with E-state index in [1.165, 1.54) is 29.5 Å². The van der Waals surface area contributed by atoms with Crippen LogP contribution in [0.5, 0.6) is 0 Å². The number of carbonyl (C=O) groups excluding carboxylic acids is 1. The van der Waals surface area contributed by atoms with Gasteiger partial charge < -0.3 is 5.32 Å². The van der Waals surface area contributed by atoms with E-state index < -0.39 is 0 Å². The molecule has 0 saturated carbocycles. The van der Waals surface area contributed by atoms with Crippen molar-refractivity contribution in [1.82, 2.24) is 0 Å². The highest BCUT2D eigenvalue weighted by molar-refractivity contribution is 7.99. The first-order valence-corrected chi connectivity index (χ1v) is 8.96. The molecule has 0 heterocycles. The minimum Gasteiger partial charge on any atom is -0.325 e. The zero-order valence-corrected chi connectivity index (χ0v) is 14.3. The second-order valence-electron chi connectivity index (χ2n) is 5.57. The van der Waals surface area contributed by atoms with E-state index in [-0.39, 0.29) is 11.7 Å². The molecule has 0 bridgehead atoms. The fourth-order valence-corrected chi connectivity index (χ4v) is 3.11. The van der Waals surface area contributed by atoms with E-state index in [9.17, 15) is 9.18 Å². The second kappa shape index (κ2) is 8.73. The summed E-state index contributed by atoms with van der Waals surface area (Å²) in [6.45, 7) is 4.29. The van der Waals surface area contributed by atoms with Crippen molar-refractivity contribution in [3.63, 3.8) is 0 Å². The molecule has 0 aliphatic carbocycles. The lowest BCUT2D eigenvalue weighted by atomic mass is 9.97. The molecule has 1 N–H and O–H groups in total. The molecule has 0 radical (unpaired) electrons. The van der Waals surface area contributed by atoms with Crippen LogP contribution >= 0.6 is 11.8 Å². The maximum atomic E-state index is 13.1. The second-order valence-corrected chi connectivity index (χ2v) is 6.55. The molecule has 2 aromatic rings. The van der Waals surface area contributed by atoms with E-state index in [1.807, 2.05) is 24.3 Å².